The molecule has 1 aliphatic heterocycles. The topological polar surface area (TPSA) is 21.3 Å². The molecule has 2 unspecified atom stereocenters. The average Bonchev–Trinajstić information content (AvgIpc) is 2.30. The minimum absolute atomic E-state index is 0.166. The van der Waals surface area contributed by atoms with E-state index in [2.05, 4.69) is 17.0 Å². The first kappa shape index (κ1) is 14.2. The van der Waals surface area contributed by atoms with Gasteiger partial charge in [0.1, 0.15) is 5.75 Å². The predicted octanol–water partition coefficient (Wildman–Crippen LogP) is 3.52. The Labute approximate surface area is 111 Å². The molecule has 0 aliphatic carbocycles. The molecule has 1 saturated heterocycles. The quantitative estimate of drug-likeness (QED) is 0.910. The van der Waals surface area contributed by atoms with Crippen LogP contribution in [-0.2, 0) is 6.42 Å². The third-order valence-electron chi connectivity index (χ3n) is 3.40. The highest BCUT2D eigenvalue weighted by molar-refractivity contribution is 5.28. The van der Waals surface area contributed by atoms with Crippen molar-refractivity contribution in [2.75, 3.05) is 6.54 Å². The Morgan fingerprint density at radius 1 is 1.26 bits per heavy atom. The Hall–Kier alpha value is -1.23. The van der Waals surface area contributed by atoms with Crippen LogP contribution in [0, 0.1) is 5.92 Å². The number of hydrogen-bond acceptors (Lipinski definition) is 2. The number of nitrogens with one attached hydrogen (secondary N) is 1. The standard InChI is InChI=1S/C14H18F3NO/c1-10-6-7-18-12(8-10)9-11-2-4-13(5-3-11)19-14(15,16)17/h2-5,10,12,18H,6-9H2,1H3. The van der Waals surface area contributed by atoms with E-state index in [9.17, 15) is 13.2 Å². The highest BCUT2D eigenvalue weighted by Gasteiger charge is 2.31. The Balaban J connectivity index is 1.91. The van der Waals surface area contributed by atoms with Crippen LogP contribution in [0.4, 0.5) is 13.2 Å². The van der Waals surface area contributed by atoms with Gasteiger partial charge >= 0.3 is 6.36 Å². The SMILES string of the molecule is CC1CCNC(Cc2ccc(OC(F)(F)F)cc2)C1. The number of ether oxygens (including phenoxy) is 1. The molecule has 106 valence electrons. The van der Waals surface area contributed by atoms with Crippen molar-refractivity contribution >= 4 is 0 Å². The van der Waals surface area contributed by atoms with Crippen LogP contribution in [0.3, 0.4) is 0 Å². The number of hydrogen-bond donors (Lipinski definition) is 1. The van der Waals surface area contributed by atoms with Gasteiger partial charge in [-0.05, 0) is 49.4 Å². The molecule has 5 heteroatoms. The van der Waals surface area contributed by atoms with E-state index in [1.54, 1.807) is 12.1 Å². The lowest BCUT2D eigenvalue weighted by Crippen LogP contribution is -2.38. The molecule has 0 aromatic heterocycles. The molecule has 1 heterocycles. The molecule has 0 bridgehead atoms. The van der Waals surface area contributed by atoms with E-state index in [1.165, 1.54) is 18.6 Å². The summed E-state index contributed by atoms with van der Waals surface area (Å²) in [7, 11) is 0. The number of benzene rings is 1. The van der Waals surface area contributed by atoms with Gasteiger partial charge in [0, 0.05) is 6.04 Å². The van der Waals surface area contributed by atoms with Crippen LogP contribution in [0.15, 0.2) is 24.3 Å². The van der Waals surface area contributed by atoms with Crippen molar-refractivity contribution in [1.29, 1.82) is 0 Å². The zero-order chi connectivity index (χ0) is 13.9. The van der Waals surface area contributed by atoms with Crippen LogP contribution in [-0.4, -0.2) is 18.9 Å². The fourth-order valence-corrected chi connectivity index (χ4v) is 2.49. The van der Waals surface area contributed by atoms with Gasteiger partial charge in [-0.15, -0.1) is 13.2 Å². The minimum atomic E-state index is -4.62. The Kier molecular flexibility index (Phi) is 4.34. The molecule has 1 N–H and O–H groups in total. The molecule has 19 heavy (non-hydrogen) atoms. The van der Waals surface area contributed by atoms with Gasteiger partial charge in [0.15, 0.2) is 0 Å². The number of alkyl halides is 3. The zero-order valence-electron chi connectivity index (χ0n) is 10.8. The molecule has 2 atom stereocenters. The summed E-state index contributed by atoms with van der Waals surface area (Å²) in [4.78, 5) is 0. The Bertz CT molecular complexity index is 402. The minimum Gasteiger partial charge on any atom is -0.406 e. The van der Waals surface area contributed by atoms with Gasteiger partial charge < -0.3 is 10.1 Å². The van der Waals surface area contributed by atoms with Crippen molar-refractivity contribution in [3.8, 4) is 5.75 Å². The molecule has 1 aromatic rings. The van der Waals surface area contributed by atoms with Gasteiger partial charge in [0.25, 0.3) is 0 Å². The maximum atomic E-state index is 12.0. The second kappa shape index (κ2) is 5.82. The smallest absolute Gasteiger partial charge is 0.406 e. The third-order valence-corrected chi connectivity index (χ3v) is 3.40. The van der Waals surface area contributed by atoms with E-state index >= 15 is 0 Å². The summed E-state index contributed by atoms with van der Waals surface area (Å²) in [5, 5.41) is 3.44. The van der Waals surface area contributed by atoms with E-state index in [-0.39, 0.29) is 5.75 Å². The highest BCUT2D eigenvalue weighted by atomic mass is 19.4. The van der Waals surface area contributed by atoms with Gasteiger partial charge in [0.2, 0.25) is 0 Å². The number of rotatable bonds is 3. The van der Waals surface area contributed by atoms with Crippen LogP contribution < -0.4 is 10.1 Å². The first-order chi connectivity index (χ1) is 8.92. The molecule has 1 aliphatic rings. The highest BCUT2D eigenvalue weighted by Crippen LogP contribution is 2.24. The first-order valence-corrected chi connectivity index (χ1v) is 6.50. The number of halogens is 3. The van der Waals surface area contributed by atoms with Crippen molar-refractivity contribution in [2.24, 2.45) is 5.92 Å². The van der Waals surface area contributed by atoms with Crippen LogP contribution >= 0.6 is 0 Å². The normalized spacial score (nSPS) is 24.2. The molecule has 0 spiro atoms. The van der Waals surface area contributed by atoms with E-state index < -0.39 is 6.36 Å². The lowest BCUT2D eigenvalue weighted by molar-refractivity contribution is -0.274. The summed E-state index contributed by atoms with van der Waals surface area (Å²) >= 11 is 0. The van der Waals surface area contributed by atoms with Gasteiger partial charge in [-0.3, -0.25) is 0 Å². The molecule has 1 aromatic carbocycles. The van der Waals surface area contributed by atoms with Crippen molar-refractivity contribution in [1.82, 2.24) is 5.32 Å². The first-order valence-electron chi connectivity index (χ1n) is 6.50. The predicted molar refractivity (Wildman–Crippen MR) is 67.0 cm³/mol. The van der Waals surface area contributed by atoms with Gasteiger partial charge in [0.05, 0.1) is 0 Å². The van der Waals surface area contributed by atoms with Crippen molar-refractivity contribution in [3.63, 3.8) is 0 Å². The van der Waals surface area contributed by atoms with Gasteiger partial charge in [-0.2, -0.15) is 0 Å². The largest absolute Gasteiger partial charge is 0.573 e. The summed E-state index contributed by atoms with van der Waals surface area (Å²) in [5.74, 6) is 0.542. The Morgan fingerprint density at radius 3 is 2.53 bits per heavy atom. The average molecular weight is 273 g/mol. The molecule has 0 amide bonds. The molecule has 1 fully saturated rings. The second-order valence-electron chi connectivity index (χ2n) is 5.18. The second-order valence-corrected chi connectivity index (χ2v) is 5.18. The zero-order valence-corrected chi connectivity index (χ0v) is 10.8. The molecule has 0 radical (unpaired) electrons. The van der Waals surface area contributed by atoms with E-state index in [0.717, 1.165) is 24.9 Å². The summed E-state index contributed by atoms with van der Waals surface area (Å²) in [6.07, 6.45) is -1.48. The lowest BCUT2D eigenvalue weighted by atomic mass is 9.90. The fourth-order valence-electron chi connectivity index (χ4n) is 2.49. The van der Waals surface area contributed by atoms with Crippen molar-refractivity contribution in [2.45, 2.75) is 38.6 Å². The van der Waals surface area contributed by atoms with Gasteiger partial charge in [-0.1, -0.05) is 19.1 Å². The van der Waals surface area contributed by atoms with Crippen LogP contribution in [0.2, 0.25) is 0 Å². The molecule has 2 nitrogen and oxygen atoms in total. The lowest BCUT2D eigenvalue weighted by Gasteiger charge is -2.28. The van der Waals surface area contributed by atoms with Crippen molar-refractivity contribution in [3.05, 3.63) is 29.8 Å². The van der Waals surface area contributed by atoms with Crippen LogP contribution in [0.5, 0.6) is 5.75 Å². The fraction of sp³-hybridized carbons (Fsp3) is 0.571. The van der Waals surface area contributed by atoms with E-state index in [4.69, 9.17) is 0 Å². The maximum absolute atomic E-state index is 12.0. The van der Waals surface area contributed by atoms with Crippen molar-refractivity contribution < 1.29 is 17.9 Å². The molecule has 0 saturated carbocycles. The van der Waals surface area contributed by atoms with Crippen LogP contribution in [0.25, 0.3) is 0 Å². The van der Waals surface area contributed by atoms with E-state index in [0.29, 0.717) is 12.0 Å². The third kappa shape index (κ3) is 4.74. The number of piperidine rings is 1. The van der Waals surface area contributed by atoms with Crippen LogP contribution in [0.1, 0.15) is 25.3 Å². The maximum Gasteiger partial charge on any atom is 0.573 e. The van der Waals surface area contributed by atoms with Gasteiger partial charge in [-0.25, -0.2) is 0 Å². The Morgan fingerprint density at radius 2 is 1.95 bits per heavy atom. The monoisotopic (exact) mass is 273 g/mol. The summed E-state index contributed by atoms with van der Waals surface area (Å²) in [5.41, 5.74) is 1.03. The van der Waals surface area contributed by atoms with E-state index in [1.807, 2.05) is 0 Å². The summed E-state index contributed by atoms with van der Waals surface area (Å²) < 4.78 is 39.9. The summed E-state index contributed by atoms with van der Waals surface area (Å²) in [6, 6.07) is 6.55. The molecular formula is C14H18F3NO. The molecule has 2 rings (SSSR count). The molecular weight excluding hydrogens is 255 g/mol. The summed E-state index contributed by atoms with van der Waals surface area (Å²) in [6.45, 7) is 3.25.